The molecule has 1 heterocycles. The first kappa shape index (κ1) is 17.6. The number of halogens is 1. The maximum Gasteiger partial charge on any atom is 0.239 e. The van der Waals surface area contributed by atoms with Gasteiger partial charge in [0.15, 0.2) is 0 Å². The molecule has 0 aliphatic carbocycles. The zero-order valence-electron chi connectivity index (χ0n) is 13.1. The van der Waals surface area contributed by atoms with Gasteiger partial charge in [0.05, 0.1) is 12.6 Å². The van der Waals surface area contributed by atoms with Gasteiger partial charge in [0, 0.05) is 16.7 Å². The van der Waals surface area contributed by atoms with Crippen molar-refractivity contribution in [3.63, 3.8) is 0 Å². The molecule has 0 bridgehead atoms. The van der Waals surface area contributed by atoms with Crippen LogP contribution in [-0.4, -0.2) is 40.5 Å². The van der Waals surface area contributed by atoms with Crippen LogP contribution in [0.3, 0.4) is 0 Å². The number of amides is 1. The minimum Gasteiger partial charge on any atom is -0.387 e. The first-order chi connectivity index (χ1) is 11.0. The van der Waals surface area contributed by atoms with Gasteiger partial charge in [0.25, 0.3) is 0 Å². The number of nitrogens with zero attached hydrogens (tertiary/aromatic N) is 2. The number of aromatic nitrogens is 1. The number of pyridine rings is 1. The highest BCUT2D eigenvalue weighted by Crippen LogP contribution is 2.19. The molecule has 1 aromatic heterocycles. The summed E-state index contributed by atoms with van der Waals surface area (Å²) in [4.78, 5) is 18.0. The van der Waals surface area contributed by atoms with Crippen LogP contribution in [0.15, 0.2) is 53.1 Å². The van der Waals surface area contributed by atoms with Gasteiger partial charge in [-0.1, -0.05) is 30.3 Å². The molecule has 2 N–H and O–H groups in total. The predicted octanol–water partition coefficient (Wildman–Crippen LogP) is 2.84. The number of rotatable bonds is 6. The Morgan fingerprint density at radius 2 is 2.00 bits per heavy atom. The molecule has 0 saturated carbocycles. The third kappa shape index (κ3) is 5.13. The van der Waals surface area contributed by atoms with E-state index >= 15 is 0 Å². The largest absolute Gasteiger partial charge is 0.387 e. The van der Waals surface area contributed by atoms with Crippen LogP contribution in [0.25, 0.3) is 0 Å². The highest BCUT2D eigenvalue weighted by atomic mass is 79.9. The lowest BCUT2D eigenvalue weighted by atomic mass is 10.0. The molecule has 5 nitrogen and oxygen atoms in total. The normalized spacial score (nSPS) is 13.6. The van der Waals surface area contributed by atoms with Crippen LogP contribution >= 0.6 is 15.9 Å². The van der Waals surface area contributed by atoms with E-state index in [4.69, 9.17) is 0 Å². The van der Waals surface area contributed by atoms with Gasteiger partial charge in [0.1, 0.15) is 5.82 Å². The Hall–Kier alpha value is -1.76. The smallest absolute Gasteiger partial charge is 0.239 e. The van der Waals surface area contributed by atoms with Crippen LogP contribution < -0.4 is 5.32 Å². The number of benzene rings is 1. The second-order valence-electron chi connectivity index (χ2n) is 5.42. The lowest BCUT2D eigenvalue weighted by Crippen LogP contribution is -2.39. The predicted molar refractivity (Wildman–Crippen MR) is 94.1 cm³/mol. The summed E-state index contributed by atoms with van der Waals surface area (Å²) in [6.07, 6.45) is 0.973. The monoisotopic (exact) mass is 377 g/mol. The van der Waals surface area contributed by atoms with Crippen LogP contribution in [0.5, 0.6) is 0 Å². The van der Waals surface area contributed by atoms with Crippen molar-refractivity contribution < 1.29 is 9.90 Å². The summed E-state index contributed by atoms with van der Waals surface area (Å²) in [5, 5.41) is 13.1. The van der Waals surface area contributed by atoms with Crippen LogP contribution in [-0.2, 0) is 4.79 Å². The number of carbonyl (C=O) groups is 1. The molecule has 0 radical (unpaired) electrons. The highest BCUT2D eigenvalue weighted by Gasteiger charge is 2.22. The molecule has 2 atom stereocenters. The minimum atomic E-state index is -0.653. The molecule has 0 fully saturated rings. The maximum atomic E-state index is 12.1. The molecule has 2 rings (SSSR count). The van der Waals surface area contributed by atoms with E-state index in [1.54, 1.807) is 12.3 Å². The summed E-state index contributed by atoms with van der Waals surface area (Å²) in [5.41, 5.74) is 0.835. The van der Waals surface area contributed by atoms with Crippen molar-refractivity contribution in [3.05, 3.63) is 58.7 Å². The summed E-state index contributed by atoms with van der Waals surface area (Å²) in [6, 6.07) is 12.8. The third-order valence-corrected chi connectivity index (χ3v) is 4.15. The summed E-state index contributed by atoms with van der Waals surface area (Å²) >= 11 is 3.30. The Kier molecular flexibility index (Phi) is 6.27. The zero-order chi connectivity index (χ0) is 16.8. The summed E-state index contributed by atoms with van der Waals surface area (Å²) in [5.74, 6) is 0.331. The minimum absolute atomic E-state index is 0.169. The van der Waals surface area contributed by atoms with Crippen molar-refractivity contribution in [2.75, 3.05) is 18.9 Å². The van der Waals surface area contributed by atoms with E-state index in [1.807, 2.05) is 55.3 Å². The molecule has 1 aromatic carbocycles. The molecule has 2 unspecified atom stereocenters. The Labute approximate surface area is 144 Å². The fourth-order valence-corrected chi connectivity index (χ4v) is 2.41. The SMILES string of the molecule is CC(C(O)c1ccccc1)N(C)CC(=O)Nc1ccc(Br)cn1. The van der Waals surface area contributed by atoms with Crippen molar-refractivity contribution in [2.24, 2.45) is 0 Å². The number of likely N-dealkylation sites (N-methyl/N-ethyl adjacent to an activating group) is 1. The number of hydrogen-bond donors (Lipinski definition) is 2. The standard InChI is InChI=1S/C17H20BrN3O2/c1-12(17(23)13-6-4-3-5-7-13)21(2)11-16(22)20-15-9-8-14(18)10-19-15/h3-10,12,17,23H,11H2,1-2H3,(H,19,20,22). The molecule has 2 aromatic rings. The average molecular weight is 378 g/mol. The number of carbonyl (C=O) groups excluding carboxylic acids is 1. The van der Waals surface area contributed by atoms with E-state index in [9.17, 15) is 9.90 Å². The lowest BCUT2D eigenvalue weighted by molar-refractivity contribution is -0.118. The summed E-state index contributed by atoms with van der Waals surface area (Å²) < 4.78 is 0.854. The van der Waals surface area contributed by atoms with Crippen molar-refractivity contribution >= 4 is 27.7 Å². The molecule has 23 heavy (non-hydrogen) atoms. The first-order valence-corrected chi connectivity index (χ1v) is 8.11. The molecular weight excluding hydrogens is 358 g/mol. The van der Waals surface area contributed by atoms with Crippen molar-refractivity contribution in [2.45, 2.75) is 19.1 Å². The molecule has 1 amide bonds. The zero-order valence-corrected chi connectivity index (χ0v) is 14.7. The number of hydrogen-bond acceptors (Lipinski definition) is 4. The van der Waals surface area contributed by atoms with E-state index in [0.29, 0.717) is 5.82 Å². The van der Waals surface area contributed by atoms with Crippen LogP contribution in [0.1, 0.15) is 18.6 Å². The molecule has 0 aliphatic heterocycles. The van der Waals surface area contributed by atoms with Gasteiger partial charge in [-0.15, -0.1) is 0 Å². The van der Waals surface area contributed by atoms with Crippen LogP contribution in [0.4, 0.5) is 5.82 Å². The fraction of sp³-hybridized carbons (Fsp3) is 0.294. The first-order valence-electron chi connectivity index (χ1n) is 7.32. The van der Waals surface area contributed by atoms with Gasteiger partial charge in [-0.25, -0.2) is 4.98 Å². The molecule has 0 spiro atoms. The summed E-state index contributed by atoms with van der Waals surface area (Å²) in [7, 11) is 1.81. The quantitative estimate of drug-likeness (QED) is 0.812. The second kappa shape index (κ2) is 8.19. The van der Waals surface area contributed by atoms with Crippen molar-refractivity contribution in [3.8, 4) is 0 Å². The van der Waals surface area contributed by atoms with E-state index in [2.05, 4.69) is 26.2 Å². The third-order valence-electron chi connectivity index (χ3n) is 3.68. The van der Waals surface area contributed by atoms with Gasteiger partial charge in [-0.2, -0.15) is 0 Å². The second-order valence-corrected chi connectivity index (χ2v) is 6.34. The van der Waals surface area contributed by atoms with E-state index in [-0.39, 0.29) is 18.5 Å². The number of anilines is 1. The van der Waals surface area contributed by atoms with E-state index in [0.717, 1.165) is 10.0 Å². The van der Waals surface area contributed by atoms with Gasteiger partial charge in [-0.05, 0) is 47.6 Å². The topological polar surface area (TPSA) is 65.5 Å². The van der Waals surface area contributed by atoms with Gasteiger partial charge >= 0.3 is 0 Å². The Morgan fingerprint density at radius 3 is 2.61 bits per heavy atom. The summed E-state index contributed by atoms with van der Waals surface area (Å²) in [6.45, 7) is 2.06. The van der Waals surface area contributed by atoms with Crippen LogP contribution in [0, 0.1) is 0 Å². The van der Waals surface area contributed by atoms with Gasteiger partial charge < -0.3 is 10.4 Å². The van der Waals surface area contributed by atoms with Gasteiger partial charge in [-0.3, -0.25) is 9.69 Å². The maximum absolute atomic E-state index is 12.1. The van der Waals surface area contributed by atoms with Crippen LogP contribution in [0.2, 0.25) is 0 Å². The molecule has 6 heteroatoms. The van der Waals surface area contributed by atoms with E-state index in [1.165, 1.54) is 0 Å². The fourth-order valence-electron chi connectivity index (χ4n) is 2.17. The molecule has 0 aliphatic rings. The number of aliphatic hydroxyl groups excluding tert-OH is 1. The Balaban J connectivity index is 1.91. The number of aliphatic hydroxyl groups is 1. The molecular formula is C17H20BrN3O2. The molecule has 0 saturated heterocycles. The lowest BCUT2D eigenvalue weighted by Gasteiger charge is -2.28. The molecule has 122 valence electrons. The highest BCUT2D eigenvalue weighted by molar-refractivity contribution is 9.10. The average Bonchev–Trinajstić information content (AvgIpc) is 2.56. The Bertz CT molecular complexity index is 634. The van der Waals surface area contributed by atoms with Gasteiger partial charge in [0.2, 0.25) is 5.91 Å². The number of nitrogens with one attached hydrogen (secondary N) is 1. The van der Waals surface area contributed by atoms with Crippen molar-refractivity contribution in [1.82, 2.24) is 9.88 Å². The Morgan fingerprint density at radius 1 is 1.30 bits per heavy atom. The van der Waals surface area contributed by atoms with Crippen molar-refractivity contribution in [1.29, 1.82) is 0 Å². The van der Waals surface area contributed by atoms with E-state index < -0.39 is 6.10 Å².